The Balaban J connectivity index is 2.89. The third-order valence-electron chi connectivity index (χ3n) is 1.49. The summed E-state index contributed by atoms with van der Waals surface area (Å²) in [6.45, 7) is 1.91. The topological polar surface area (TPSA) is 50.2 Å². The van der Waals surface area contributed by atoms with Crippen LogP contribution in [0.4, 0.5) is 0 Å². The molecule has 0 aliphatic heterocycles. The Morgan fingerprint density at radius 2 is 2.42 bits per heavy atom. The predicted molar refractivity (Wildman–Crippen MR) is 45.6 cm³/mol. The SMILES string of the molecule is Cc1ccncc1/C=C/C(=O)O. The number of pyridine rings is 1. The molecule has 62 valence electrons. The smallest absolute Gasteiger partial charge is 0.328 e. The van der Waals surface area contributed by atoms with E-state index in [1.807, 2.05) is 13.0 Å². The molecule has 1 aromatic rings. The van der Waals surface area contributed by atoms with Crippen molar-refractivity contribution < 1.29 is 9.90 Å². The maximum atomic E-state index is 10.2. The molecule has 1 aromatic heterocycles. The van der Waals surface area contributed by atoms with Crippen LogP contribution in [0.1, 0.15) is 11.1 Å². The number of carbonyl (C=O) groups is 1. The summed E-state index contributed by atoms with van der Waals surface area (Å²) in [6.07, 6.45) is 5.94. The highest BCUT2D eigenvalue weighted by Gasteiger charge is 1.92. The Morgan fingerprint density at radius 3 is 3.00 bits per heavy atom. The zero-order valence-corrected chi connectivity index (χ0v) is 6.69. The number of nitrogens with zero attached hydrogens (tertiary/aromatic N) is 1. The normalized spacial score (nSPS) is 10.4. The molecule has 0 aliphatic rings. The summed E-state index contributed by atoms with van der Waals surface area (Å²) in [4.78, 5) is 14.1. The van der Waals surface area contributed by atoms with E-state index in [4.69, 9.17) is 5.11 Å². The van der Waals surface area contributed by atoms with Gasteiger partial charge in [-0.3, -0.25) is 4.98 Å². The summed E-state index contributed by atoms with van der Waals surface area (Å²) in [7, 11) is 0. The van der Waals surface area contributed by atoms with Crippen molar-refractivity contribution >= 4 is 12.0 Å². The second-order valence-electron chi connectivity index (χ2n) is 2.40. The maximum Gasteiger partial charge on any atom is 0.328 e. The number of carboxylic acids is 1. The second kappa shape index (κ2) is 3.67. The van der Waals surface area contributed by atoms with E-state index >= 15 is 0 Å². The number of aryl methyl sites for hydroxylation is 1. The lowest BCUT2D eigenvalue weighted by Crippen LogP contribution is -1.87. The van der Waals surface area contributed by atoms with Crippen molar-refractivity contribution in [1.82, 2.24) is 4.98 Å². The molecular formula is C9H9NO2. The molecule has 1 N–H and O–H groups in total. The van der Waals surface area contributed by atoms with Crippen molar-refractivity contribution in [3.05, 3.63) is 35.7 Å². The van der Waals surface area contributed by atoms with Gasteiger partial charge >= 0.3 is 5.97 Å². The van der Waals surface area contributed by atoms with Gasteiger partial charge in [0.1, 0.15) is 0 Å². The highest BCUT2D eigenvalue weighted by atomic mass is 16.4. The average Bonchev–Trinajstić information content (AvgIpc) is 2.03. The first-order valence-corrected chi connectivity index (χ1v) is 3.52. The van der Waals surface area contributed by atoms with Crippen molar-refractivity contribution in [2.45, 2.75) is 6.92 Å². The molecule has 0 radical (unpaired) electrons. The lowest BCUT2D eigenvalue weighted by atomic mass is 10.1. The molecule has 12 heavy (non-hydrogen) atoms. The van der Waals surface area contributed by atoms with Gasteiger partial charge in [0.05, 0.1) is 0 Å². The van der Waals surface area contributed by atoms with E-state index < -0.39 is 5.97 Å². The number of hydrogen-bond donors (Lipinski definition) is 1. The summed E-state index contributed by atoms with van der Waals surface area (Å²) < 4.78 is 0. The Hall–Kier alpha value is -1.64. The third kappa shape index (κ3) is 2.20. The lowest BCUT2D eigenvalue weighted by molar-refractivity contribution is -0.131. The van der Waals surface area contributed by atoms with Gasteiger partial charge in [-0.05, 0) is 30.2 Å². The predicted octanol–water partition coefficient (Wildman–Crippen LogP) is 1.49. The van der Waals surface area contributed by atoms with E-state index in [0.29, 0.717) is 0 Å². The molecule has 0 spiro atoms. The molecule has 0 aliphatic carbocycles. The fourth-order valence-corrected chi connectivity index (χ4v) is 0.812. The van der Waals surface area contributed by atoms with Crippen LogP contribution >= 0.6 is 0 Å². The van der Waals surface area contributed by atoms with E-state index in [2.05, 4.69) is 4.98 Å². The van der Waals surface area contributed by atoms with E-state index in [0.717, 1.165) is 17.2 Å². The monoisotopic (exact) mass is 163 g/mol. The van der Waals surface area contributed by atoms with Crippen LogP contribution in [0.2, 0.25) is 0 Å². The first-order chi connectivity index (χ1) is 5.70. The first kappa shape index (κ1) is 8.46. The van der Waals surface area contributed by atoms with Crippen molar-refractivity contribution in [3.63, 3.8) is 0 Å². The van der Waals surface area contributed by atoms with Crippen molar-refractivity contribution in [1.29, 1.82) is 0 Å². The van der Waals surface area contributed by atoms with Gasteiger partial charge in [-0.25, -0.2) is 4.79 Å². The minimum atomic E-state index is -0.946. The van der Waals surface area contributed by atoms with E-state index in [9.17, 15) is 4.79 Å². The first-order valence-electron chi connectivity index (χ1n) is 3.52. The summed E-state index contributed by atoms with van der Waals surface area (Å²) in [5.74, 6) is -0.946. The molecule has 0 atom stereocenters. The maximum absolute atomic E-state index is 10.2. The third-order valence-corrected chi connectivity index (χ3v) is 1.49. The summed E-state index contributed by atoms with van der Waals surface area (Å²) in [6, 6.07) is 1.83. The van der Waals surface area contributed by atoms with Gasteiger partial charge in [-0.1, -0.05) is 0 Å². The molecule has 0 saturated carbocycles. The van der Waals surface area contributed by atoms with Crippen LogP contribution in [0.3, 0.4) is 0 Å². The Morgan fingerprint density at radius 1 is 1.67 bits per heavy atom. The molecule has 3 nitrogen and oxygen atoms in total. The molecule has 1 rings (SSSR count). The molecule has 0 fully saturated rings. The van der Waals surface area contributed by atoms with Crippen molar-refractivity contribution in [2.24, 2.45) is 0 Å². The van der Waals surface area contributed by atoms with Gasteiger partial charge in [0.15, 0.2) is 0 Å². The number of aromatic nitrogens is 1. The Bertz CT molecular complexity index is 318. The Kier molecular flexibility index (Phi) is 2.58. The van der Waals surface area contributed by atoms with Crippen LogP contribution < -0.4 is 0 Å². The molecule has 0 unspecified atom stereocenters. The number of aliphatic carboxylic acids is 1. The van der Waals surface area contributed by atoms with E-state index in [1.165, 1.54) is 6.08 Å². The minimum Gasteiger partial charge on any atom is -0.478 e. The van der Waals surface area contributed by atoms with Crippen molar-refractivity contribution in [3.8, 4) is 0 Å². The Labute approximate surface area is 70.4 Å². The van der Waals surface area contributed by atoms with Gasteiger partial charge in [0.25, 0.3) is 0 Å². The number of carboxylic acid groups (broad SMARTS) is 1. The van der Waals surface area contributed by atoms with Gasteiger partial charge in [0, 0.05) is 18.5 Å². The van der Waals surface area contributed by atoms with Crippen LogP contribution in [0, 0.1) is 6.92 Å². The standard InChI is InChI=1S/C9H9NO2/c1-7-4-5-10-6-8(7)2-3-9(11)12/h2-6H,1H3,(H,11,12)/b3-2+. The fraction of sp³-hybridized carbons (Fsp3) is 0.111. The summed E-state index contributed by atoms with van der Waals surface area (Å²) in [5, 5.41) is 8.36. The molecule has 0 aromatic carbocycles. The van der Waals surface area contributed by atoms with Crippen LogP contribution in [0.25, 0.3) is 6.08 Å². The molecular weight excluding hydrogens is 154 g/mol. The second-order valence-corrected chi connectivity index (χ2v) is 2.40. The highest BCUT2D eigenvalue weighted by molar-refractivity contribution is 5.85. The van der Waals surface area contributed by atoms with E-state index in [1.54, 1.807) is 12.4 Å². The van der Waals surface area contributed by atoms with Gasteiger partial charge < -0.3 is 5.11 Å². The largest absolute Gasteiger partial charge is 0.478 e. The van der Waals surface area contributed by atoms with Gasteiger partial charge in [0.2, 0.25) is 0 Å². The zero-order valence-electron chi connectivity index (χ0n) is 6.69. The average molecular weight is 163 g/mol. The van der Waals surface area contributed by atoms with Gasteiger partial charge in [-0.2, -0.15) is 0 Å². The van der Waals surface area contributed by atoms with Crippen LogP contribution in [0.15, 0.2) is 24.5 Å². The minimum absolute atomic E-state index is 0.833. The molecule has 0 saturated heterocycles. The lowest BCUT2D eigenvalue weighted by Gasteiger charge is -1.95. The molecule has 0 bridgehead atoms. The van der Waals surface area contributed by atoms with Crippen LogP contribution in [-0.4, -0.2) is 16.1 Å². The van der Waals surface area contributed by atoms with Crippen LogP contribution in [-0.2, 0) is 4.79 Å². The molecule has 0 amide bonds. The van der Waals surface area contributed by atoms with E-state index in [-0.39, 0.29) is 0 Å². The number of hydrogen-bond acceptors (Lipinski definition) is 2. The number of rotatable bonds is 2. The van der Waals surface area contributed by atoms with Gasteiger partial charge in [-0.15, -0.1) is 0 Å². The quantitative estimate of drug-likeness (QED) is 0.672. The van der Waals surface area contributed by atoms with Crippen molar-refractivity contribution in [2.75, 3.05) is 0 Å². The zero-order chi connectivity index (χ0) is 8.97. The summed E-state index contributed by atoms with van der Waals surface area (Å²) in [5.41, 5.74) is 1.85. The molecule has 3 heteroatoms. The van der Waals surface area contributed by atoms with Crippen LogP contribution in [0.5, 0.6) is 0 Å². The fourth-order valence-electron chi connectivity index (χ4n) is 0.812. The molecule has 1 heterocycles. The highest BCUT2D eigenvalue weighted by Crippen LogP contribution is 2.06. The summed E-state index contributed by atoms with van der Waals surface area (Å²) >= 11 is 0.